The van der Waals surface area contributed by atoms with Crippen LogP contribution in [-0.4, -0.2) is 58.4 Å². The highest BCUT2D eigenvalue weighted by atomic mass is 19.1. The lowest BCUT2D eigenvalue weighted by Crippen LogP contribution is -2.51. The summed E-state index contributed by atoms with van der Waals surface area (Å²) in [5.41, 5.74) is 8.42. The monoisotopic (exact) mass is 523 g/mol. The molecule has 3 amide bonds. The van der Waals surface area contributed by atoms with Crippen LogP contribution < -0.4 is 11.1 Å². The Labute approximate surface area is 226 Å². The fourth-order valence-corrected chi connectivity index (χ4v) is 6.08. The SMILES string of the molecule is Cc1ccnc(CC[C@@H](C)N2CCC(N(CC3CCCCC3)C(=O)Nc3ccc(F)cc3)CC2)c1C(N)=O. The number of piperidine rings is 1. The van der Waals surface area contributed by atoms with Gasteiger partial charge in [-0.25, -0.2) is 9.18 Å². The smallest absolute Gasteiger partial charge is 0.322 e. The molecule has 206 valence electrons. The standard InChI is InChI=1S/C30H42FN5O2/c1-21-14-17-33-27(28(21)29(32)37)13-8-22(2)35-18-15-26(16-19-35)36(20-23-6-4-3-5-7-23)30(38)34-25-11-9-24(31)10-12-25/h9-12,14,17,22-23,26H,3-8,13,15-16,18-20H2,1-2H3,(H2,32,37)(H,34,38)/t22-/m1/s1. The number of aromatic nitrogens is 1. The highest BCUT2D eigenvalue weighted by molar-refractivity contribution is 5.95. The molecule has 1 saturated carbocycles. The molecule has 2 aromatic rings. The largest absolute Gasteiger partial charge is 0.366 e. The van der Waals surface area contributed by atoms with E-state index in [2.05, 4.69) is 27.0 Å². The maximum absolute atomic E-state index is 13.4. The molecule has 1 aliphatic carbocycles. The van der Waals surface area contributed by atoms with Crippen molar-refractivity contribution < 1.29 is 14.0 Å². The van der Waals surface area contributed by atoms with Gasteiger partial charge in [-0.15, -0.1) is 0 Å². The number of aryl methyl sites for hydroxylation is 2. The molecule has 0 spiro atoms. The van der Waals surface area contributed by atoms with E-state index in [9.17, 15) is 14.0 Å². The number of nitrogens with two attached hydrogens (primary N) is 1. The van der Waals surface area contributed by atoms with Crippen molar-refractivity contribution in [2.45, 2.75) is 83.7 Å². The Hall–Kier alpha value is -3.00. The average molecular weight is 524 g/mol. The van der Waals surface area contributed by atoms with Gasteiger partial charge in [0, 0.05) is 43.6 Å². The van der Waals surface area contributed by atoms with Gasteiger partial charge in [0.05, 0.1) is 11.3 Å². The quantitative estimate of drug-likeness (QED) is 0.452. The Morgan fingerprint density at radius 3 is 2.45 bits per heavy atom. The Kier molecular flexibility index (Phi) is 9.72. The molecule has 8 heteroatoms. The van der Waals surface area contributed by atoms with Gasteiger partial charge in [-0.2, -0.15) is 0 Å². The summed E-state index contributed by atoms with van der Waals surface area (Å²) in [6.07, 6.45) is 11.3. The predicted molar refractivity (Wildman–Crippen MR) is 149 cm³/mol. The summed E-state index contributed by atoms with van der Waals surface area (Å²) in [5, 5.41) is 3.01. The van der Waals surface area contributed by atoms with E-state index in [4.69, 9.17) is 5.73 Å². The molecule has 0 unspecified atom stereocenters. The van der Waals surface area contributed by atoms with Gasteiger partial charge in [0.2, 0.25) is 0 Å². The Bertz CT molecular complexity index is 1080. The van der Waals surface area contributed by atoms with E-state index in [1.165, 1.54) is 44.2 Å². The molecule has 2 heterocycles. The van der Waals surface area contributed by atoms with E-state index in [-0.39, 0.29) is 17.9 Å². The summed E-state index contributed by atoms with van der Waals surface area (Å²) in [4.78, 5) is 34.3. The number of rotatable bonds is 9. The fraction of sp³-hybridized carbons (Fsp3) is 0.567. The molecule has 0 bridgehead atoms. The van der Waals surface area contributed by atoms with Gasteiger partial charge in [-0.1, -0.05) is 19.3 Å². The number of nitrogens with one attached hydrogen (secondary N) is 1. The van der Waals surface area contributed by atoms with E-state index >= 15 is 0 Å². The van der Waals surface area contributed by atoms with Gasteiger partial charge in [-0.05, 0) is 94.2 Å². The van der Waals surface area contributed by atoms with Gasteiger partial charge < -0.3 is 20.9 Å². The summed E-state index contributed by atoms with van der Waals surface area (Å²) in [5.74, 6) is -0.190. The number of pyridine rings is 1. The molecule has 4 rings (SSSR count). The Balaban J connectivity index is 1.35. The number of urea groups is 1. The number of benzene rings is 1. The predicted octanol–water partition coefficient (Wildman–Crippen LogP) is 5.53. The van der Waals surface area contributed by atoms with Gasteiger partial charge in [0.25, 0.3) is 5.91 Å². The molecule has 1 saturated heterocycles. The van der Waals surface area contributed by atoms with Crippen molar-refractivity contribution in [1.29, 1.82) is 0 Å². The summed E-state index contributed by atoms with van der Waals surface area (Å²) < 4.78 is 13.4. The van der Waals surface area contributed by atoms with Crippen molar-refractivity contribution in [1.82, 2.24) is 14.8 Å². The number of primary amides is 1. The van der Waals surface area contributed by atoms with Crippen LogP contribution in [0.5, 0.6) is 0 Å². The van der Waals surface area contributed by atoms with Crippen LogP contribution in [0.25, 0.3) is 0 Å². The number of hydrogen-bond donors (Lipinski definition) is 2. The first-order chi connectivity index (χ1) is 18.3. The summed E-state index contributed by atoms with van der Waals surface area (Å²) in [6.45, 7) is 6.73. The number of halogens is 1. The average Bonchev–Trinajstić information content (AvgIpc) is 2.92. The number of amides is 3. The van der Waals surface area contributed by atoms with Crippen molar-refractivity contribution in [3.63, 3.8) is 0 Å². The van der Waals surface area contributed by atoms with Crippen LogP contribution in [-0.2, 0) is 6.42 Å². The molecule has 3 N–H and O–H groups in total. The second-order valence-electron chi connectivity index (χ2n) is 11.1. The van der Waals surface area contributed by atoms with Crippen LogP contribution in [0, 0.1) is 18.7 Å². The first-order valence-corrected chi connectivity index (χ1v) is 14.1. The van der Waals surface area contributed by atoms with Crippen molar-refractivity contribution >= 4 is 17.6 Å². The number of carbonyl (C=O) groups excluding carboxylic acids is 2. The highest BCUT2D eigenvalue weighted by Gasteiger charge is 2.31. The fourth-order valence-electron chi connectivity index (χ4n) is 6.08. The van der Waals surface area contributed by atoms with Crippen LogP contribution in [0.15, 0.2) is 36.5 Å². The van der Waals surface area contributed by atoms with Crippen molar-refractivity contribution in [3.8, 4) is 0 Å². The molecule has 2 fully saturated rings. The molecular weight excluding hydrogens is 481 g/mol. The lowest BCUT2D eigenvalue weighted by atomic mass is 9.88. The first kappa shape index (κ1) is 28.0. The number of anilines is 1. The van der Waals surface area contributed by atoms with E-state index in [1.54, 1.807) is 18.3 Å². The molecule has 7 nitrogen and oxygen atoms in total. The van der Waals surface area contributed by atoms with Crippen molar-refractivity contribution in [2.75, 3.05) is 25.0 Å². The molecular formula is C30H42FN5O2. The lowest BCUT2D eigenvalue weighted by molar-refractivity contribution is 0.0908. The third-order valence-electron chi connectivity index (χ3n) is 8.38. The summed E-state index contributed by atoms with van der Waals surface area (Å²) >= 11 is 0. The molecule has 0 radical (unpaired) electrons. The number of carbonyl (C=O) groups is 2. The molecule has 1 atom stereocenters. The molecule has 2 aliphatic rings. The van der Waals surface area contributed by atoms with Gasteiger partial charge >= 0.3 is 6.03 Å². The van der Waals surface area contributed by atoms with Crippen LogP contribution >= 0.6 is 0 Å². The summed E-state index contributed by atoms with van der Waals surface area (Å²) in [7, 11) is 0. The topological polar surface area (TPSA) is 91.6 Å². The molecule has 1 aromatic heterocycles. The first-order valence-electron chi connectivity index (χ1n) is 14.1. The van der Waals surface area contributed by atoms with E-state index in [1.807, 2.05) is 13.0 Å². The van der Waals surface area contributed by atoms with Gasteiger partial charge in [0.15, 0.2) is 0 Å². The third kappa shape index (κ3) is 7.31. The van der Waals surface area contributed by atoms with Crippen LogP contribution in [0.4, 0.5) is 14.9 Å². The minimum absolute atomic E-state index is 0.0850. The van der Waals surface area contributed by atoms with Crippen LogP contribution in [0.3, 0.4) is 0 Å². The molecule has 1 aliphatic heterocycles. The minimum atomic E-state index is -0.420. The normalized spacial score (nSPS) is 18.2. The Morgan fingerprint density at radius 1 is 1.11 bits per heavy atom. The zero-order valence-electron chi connectivity index (χ0n) is 22.8. The number of nitrogens with zero attached hydrogens (tertiary/aromatic N) is 3. The minimum Gasteiger partial charge on any atom is -0.366 e. The molecule has 1 aromatic carbocycles. The summed E-state index contributed by atoms with van der Waals surface area (Å²) in [6, 6.07) is 8.23. The number of likely N-dealkylation sites (tertiary alicyclic amines) is 1. The van der Waals surface area contributed by atoms with Gasteiger partial charge in [0.1, 0.15) is 5.82 Å². The highest BCUT2D eigenvalue weighted by Crippen LogP contribution is 2.28. The molecule has 38 heavy (non-hydrogen) atoms. The number of hydrogen-bond acceptors (Lipinski definition) is 4. The van der Waals surface area contributed by atoms with E-state index in [0.717, 1.165) is 50.2 Å². The van der Waals surface area contributed by atoms with E-state index < -0.39 is 5.91 Å². The maximum atomic E-state index is 13.4. The zero-order valence-corrected chi connectivity index (χ0v) is 22.8. The van der Waals surface area contributed by atoms with Crippen molar-refractivity contribution in [2.24, 2.45) is 11.7 Å². The van der Waals surface area contributed by atoms with Crippen LogP contribution in [0.1, 0.15) is 79.9 Å². The lowest BCUT2D eigenvalue weighted by Gasteiger charge is -2.42. The third-order valence-corrected chi connectivity index (χ3v) is 8.38. The second kappa shape index (κ2) is 13.2. The Morgan fingerprint density at radius 2 is 1.79 bits per heavy atom. The van der Waals surface area contributed by atoms with Crippen LogP contribution in [0.2, 0.25) is 0 Å². The van der Waals surface area contributed by atoms with E-state index in [0.29, 0.717) is 29.6 Å². The second-order valence-corrected chi connectivity index (χ2v) is 11.1. The maximum Gasteiger partial charge on any atom is 0.322 e. The zero-order chi connectivity index (χ0) is 27.1. The van der Waals surface area contributed by atoms with Gasteiger partial charge in [-0.3, -0.25) is 9.78 Å². The van der Waals surface area contributed by atoms with Crippen molar-refractivity contribution in [3.05, 3.63) is 59.2 Å².